The van der Waals surface area contributed by atoms with Crippen molar-refractivity contribution in [3.05, 3.63) is 22.4 Å². The lowest BCUT2D eigenvalue weighted by molar-refractivity contribution is -0.164. The number of rotatable bonds is 1. The van der Waals surface area contributed by atoms with Gasteiger partial charge in [-0.2, -0.15) is 5.26 Å². The van der Waals surface area contributed by atoms with Gasteiger partial charge in [-0.1, -0.05) is 27.7 Å². The number of thiophene rings is 1. The fourth-order valence-electron chi connectivity index (χ4n) is 3.79. The number of amides is 2. The second-order valence-electron chi connectivity index (χ2n) is 6.60. The predicted molar refractivity (Wildman–Crippen MR) is 91.3 cm³/mol. The molecule has 0 aromatic carbocycles. The summed E-state index contributed by atoms with van der Waals surface area (Å²) in [5.74, 6) is -0.135. The van der Waals surface area contributed by atoms with Crippen molar-refractivity contribution in [2.45, 2.75) is 36.1 Å². The Bertz CT molecular complexity index is 761. The van der Waals surface area contributed by atoms with Crippen molar-refractivity contribution in [3.8, 4) is 6.07 Å². The average molecular weight is 366 g/mol. The molecule has 5 rings (SSSR count). The van der Waals surface area contributed by atoms with Crippen LogP contribution in [0.25, 0.3) is 0 Å². The van der Waals surface area contributed by atoms with E-state index in [2.05, 4.69) is 6.07 Å². The summed E-state index contributed by atoms with van der Waals surface area (Å²) in [7, 11) is 4.57. The van der Waals surface area contributed by atoms with Gasteiger partial charge in [0.25, 0.3) is 11.8 Å². The second kappa shape index (κ2) is 4.47. The Hall–Kier alpha value is -1.17. The van der Waals surface area contributed by atoms with E-state index in [1.165, 1.54) is 32.9 Å². The molecule has 0 aliphatic carbocycles. The molecule has 8 heteroatoms. The first kappa shape index (κ1) is 15.4. The summed E-state index contributed by atoms with van der Waals surface area (Å²) < 4.78 is 0. The number of hydrogen-bond donors (Lipinski definition) is 0. The van der Waals surface area contributed by atoms with Crippen molar-refractivity contribution in [1.82, 2.24) is 9.80 Å². The number of nitriles is 1. The van der Waals surface area contributed by atoms with E-state index in [1.807, 2.05) is 24.4 Å². The van der Waals surface area contributed by atoms with Gasteiger partial charge in [0.05, 0.1) is 17.5 Å². The van der Waals surface area contributed by atoms with E-state index < -0.39 is 15.2 Å². The van der Waals surface area contributed by atoms with Crippen LogP contribution in [0, 0.1) is 16.7 Å². The van der Waals surface area contributed by atoms with Gasteiger partial charge in [0.15, 0.2) is 9.74 Å². The number of fused-ring (bicyclic) bond motifs is 2. The van der Waals surface area contributed by atoms with Crippen LogP contribution in [-0.2, 0) is 9.59 Å². The Kier molecular flexibility index (Phi) is 2.98. The third kappa shape index (κ3) is 1.61. The van der Waals surface area contributed by atoms with Crippen molar-refractivity contribution in [1.29, 1.82) is 5.26 Å². The zero-order chi connectivity index (χ0) is 16.6. The van der Waals surface area contributed by atoms with Gasteiger partial charge >= 0.3 is 0 Å². The SMILES string of the molecule is CN1C(=O)[C@@]23C[C@](C)(C#N)C(c4cccs4)N2C(=O)[C@]1(C)SS3. The first-order valence-corrected chi connectivity index (χ1v) is 10.3. The molecule has 1 aromatic heterocycles. The molecule has 2 amide bonds. The number of carbonyl (C=O) groups excluding carboxylic acids is 2. The zero-order valence-electron chi connectivity index (χ0n) is 12.9. The molecule has 0 saturated carbocycles. The fourth-order valence-corrected chi connectivity index (χ4v) is 8.34. The molecule has 0 radical (unpaired) electrons. The Labute approximate surface area is 146 Å². The molecule has 5 nitrogen and oxygen atoms in total. The molecule has 4 atom stereocenters. The Morgan fingerprint density at radius 1 is 1.30 bits per heavy atom. The van der Waals surface area contributed by atoms with E-state index in [4.69, 9.17) is 0 Å². The maximum atomic E-state index is 13.2. The molecule has 1 aromatic rings. The third-order valence-electron chi connectivity index (χ3n) is 5.16. The van der Waals surface area contributed by atoms with Gasteiger partial charge in [-0.3, -0.25) is 9.59 Å². The summed E-state index contributed by atoms with van der Waals surface area (Å²) in [6, 6.07) is 5.91. The Morgan fingerprint density at radius 2 is 2.04 bits per heavy atom. The first-order chi connectivity index (χ1) is 10.8. The Balaban J connectivity index is 1.95. The molecule has 4 fully saturated rings. The van der Waals surface area contributed by atoms with Gasteiger partial charge in [-0.05, 0) is 25.3 Å². The molecule has 120 valence electrons. The smallest absolute Gasteiger partial charge is 0.261 e. The van der Waals surface area contributed by atoms with Crippen molar-refractivity contribution in [2.24, 2.45) is 5.41 Å². The molecule has 4 aliphatic rings. The standard InChI is InChI=1S/C15H15N3O2S3/c1-13(8-16)7-15-12(20)17(3)14(2,22-23-15)11(19)18(15)10(13)9-5-4-6-21-9/h4-6,10H,7H2,1-3H3/t10?,13-,14+,15+/m1/s1. The minimum Gasteiger partial charge on any atom is -0.319 e. The van der Waals surface area contributed by atoms with Gasteiger partial charge < -0.3 is 9.80 Å². The molecule has 5 heterocycles. The number of piperazine rings is 1. The van der Waals surface area contributed by atoms with Gasteiger partial charge in [-0.15, -0.1) is 11.3 Å². The summed E-state index contributed by atoms with van der Waals surface area (Å²) in [5.41, 5.74) is -0.778. The summed E-state index contributed by atoms with van der Waals surface area (Å²) in [4.78, 5) is 28.7. The molecule has 4 saturated heterocycles. The van der Waals surface area contributed by atoms with Gasteiger partial charge in [0.2, 0.25) is 0 Å². The summed E-state index contributed by atoms with van der Waals surface area (Å²) in [6.07, 6.45) is 0.363. The van der Waals surface area contributed by atoms with Crippen LogP contribution in [0.1, 0.15) is 31.2 Å². The van der Waals surface area contributed by atoms with Crippen LogP contribution in [0.15, 0.2) is 17.5 Å². The highest BCUT2D eigenvalue weighted by molar-refractivity contribution is 8.78. The second-order valence-corrected chi connectivity index (χ2v) is 10.4. The molecule has 4 aliphatic heterocycles. The number of hydrogen-bond acceptors (Lipinski definition) is 6. The van der Waals surface area contributed by atoms with Crippen LogP contribution in [0.5, 0.6) is 0 Å². The van der Waals surface area contributed by atoms with Crippen molar-refractivity contribution >= 4 is 44.7 Å². The van der Waals surface area contributed by atoms with Crippen LogP contribution in [0.2, 0.25) is 0 Å². The van der Waals surface area contributed by atoms with Crippen molar-refractivity contribution in [2.75, 3.05) is 7.05 Å². The highest BCUT2D eigenvalue weighted by Gasteiger charge is 2.74. The van der Waals surface area contributed by atoms with Crippen molar-refractivity contribution < 1.29 is 9.59 Å². The lowest BCUT2D eigenvalue weighted by atomic mass is 9.82. The van der Waals surface area contributed by atoms with Gasteiger partial charge in [-0.25, -0.2) is 0 Å². The highest BCUT2D eigenvalue weighted by atomic mass is 33.1. The van der Waals surface area contributed by atoms with Crippen LogP contribution in [0.3, 0.4) is 0 Å². The van der Waals surface area contributed by atoms with Crippen LogP contribution >= 0.6 is 32.9 Å². The van der Waals surface area contributed by atoms with Crippen LogP contribution < -0.4 is 0 Å². The minimum atomic E-state index is -0.965. The molecule has 1 unspecified atom stereocenters. The van der Waals surface area contributed by atoms with Gasteiger partial charge in [0, 0.05) is 18.3 Å². The number of nitrogens with zero attached hydrogens (tertiary/aromatic N) is 3. The predicted octanol–water partition coefficient (Wildman–Crippen LogP) is 2.83. The minimum absolute atomic E-state index is 0.0659. The largest absolute Gasteiger partial charge is 0.319 e. The third-order valence-corrected chi connectivity index (χ3v) is 9.79. The molecular formula is C15H15N3O2S3. The van der Waals surface area contributed by atoms with Crippen LogP contribution in [-0.4, -0.2) is 38.4 Å². The monoisotopic (exact) mass is 365 g/mol. The lowest BCUT2D eigenvalue weighted by Gasteiger charge is -2.57. The van der Waals surface area contributed by atoms with Gasteiger partial charge in [0.1, 0.15) is 0 Å². The van der Waals surface area contributed by atoms with Crippen LogP contribution in [0.4, 0.5) is 0 Å². The van der Waals surface area contributed by atoms with E-state index in [0.29, 0.717) is 6.42 Å². The normalized spacial score (nSPS) is 42.1. The molecule has 2 bridgehead atoms. The zero-order valence-corrected chi connectivity index (χ0v) is 15.3. The topological polar surface area (TPSA) is 64.4 Å². The van der Waals surface area contributed by atoms with E-state index in [0.717, 1.165) is 4.88 Å². The number of likely N-dealkylation sites (N-methyl/N-ethyl adjacent to an activating group) is 1. The summed E-state index contributed by atoms with van der Waals surface area (Å²) in [5, 5.41) is 11.8. The van der Waals surface area contributed by atoms with E-state index >= 15 is 0 Å². The maximum Gasteiger partial charge on any atom is 0.261 e. The molecule has 1 spiro atoms. The van der Waals surface area contributed by atoms with Crippen molar-refractivity contribution in [3.63, 3.8) is 0 Å². The number of carbonyl (C=O) groups is 2. The fraction of sp³-hybridized carbons (Fsp3) is 0.533. The average Bonchev–Trinajstić information content (AvgIpc) is 3.13. The molecular weight excluding hydrogens is 350 g/mol. The quantitative estimate of drug-likeness (QED) is 0.716. The highest BCUT2D eigenvalue weighted by Crippen LogP contribution is 2.69. The maximum absolute atomic E-state index is 13.2. The van der Waals surface area contributed by atoms with E-state index in [-0.39, 0.29) is 17.9 Å². The Morgan fingerprint density at radius 3 is 2.65 bits per heavy atom. The van der Waals surface area contributed by atoms with E-state index in [9.17, 15) is 14.9 Å². The summed E-state index contributed by atoms with van der Waals surface area (Å²) >= 11 is 1.53. The summed E-state index contributed by atoms with van der Waals surface area (Å²) in [6.45, 7) is 3.66. The van der Waals surface area contributed by atoms with E-state index in [1.54, 1.807) is 23.8 Å². The first-order valence-electron chi connectivity index (χ1n) is 7.24. The molecule has 23 heavy (non-hydrogen) atoms. The molecule has 0 N–H and O–H groups in total. The lowest BCUT2D eigenvalue weighted by Crippen LogP contribution is -2.73.